The van der Waals surface area contributed by atoms with E-state index in [1.54, 1.807) is 12.1 Å². The number of likely N-dealkylation sites (tertiary alicyclic amines) is 1. The zero-order valence-corrected chi connectivity index (χ0v) is 12.7. The number of ether oxygens (including phenoxy) is 1. The standard InChI is InChI=1S/C17H21NO4/c1-2-22-14-9-17(10-14)7-8-18(11-17)15(19)12-3-5-13(6-4-12)16(20)21/h3-6,14H,2,7-11H2,1H3,(H,20,21). The zero-order chi connectivity index (χ0) is 15.7. The maximum absolute atomic E-state index is 12.5. The average molecular weight is 303 g/mol. The number of rotatable bonds is 4. The van der Waals surface area contributed by atoms with E-state index in [1.165, 1.54) is 12.1 Å². The normalized spacial score (nSPS) is 27.0. The van der Waals surface area contributed by atoms with Gasteiger partial charge in [-0.15, -0.1) is 0 Å². The number of hydrogen-bond donors (Lipinski definition) is 1. The highest BCUT2D eigenvalue weighted by molar-refractivity contribution is 5.96. The molecule has 0 radical (unpaired) electrons. The fraction of sp³-hybridized carbons (Fsp3) is 0.529. The third-order valence-electron chi connectivity index (χ3n) is 4.83. The van der Waals surface area contributed by atoms with Crippen LogP contribution in [-0.4, -0.2) is 47.7 Å². The summed E-state index contributed by atoms with van der Waals surface area (Å²) in [6.45, 7) is 4.32. The molecular weight excluding hydrogens is 282 g/mol. The van der Waals surface area contributed by atoms with Crippen LogP contribution in [0.25, 0.3) is 0 Å². The Morgan fingerprint density at radius 1 is 1.27 bits per heavy atom. The highest BCUT2D eigenvalue weighted by atomic mass is 16.5. The van der Waals surface area contributed by atoms with Crippen LogP contribution in [0.3, 0.4) is 0 Å². The van der Waals surface area contributed by atoms with Crippen LogP contribution in [-0.2, 0) is 4.74 Å². The van der Waals surface area contributed by atoms with E-state index >= 15 is 0 Å². The fourth-order valence-electron chi connectivity index (χ4n) is 3.64. The van der Waals surface area contributed by atoms with Crippen molar-refractivity contribution in [2.24, 2.45) is 5.41 Å². The van der Waals surface area contributed by atoms with Gasteiger partial charge in [0.2, 0.25) is 0 Å². The van der Waals surface area contributed by atoms with Crippen molar-refractivity contribution in [2.75, 3.05) is 19.7 Å². The van der Waals surface area contributed by atoms with Gasteiger partial charge in [0, 0.05) is 25.3 Å². The van der Waals surface area contributed by atoms with Crippen LogP contribution >= 0.6 is 0 Å². The summed E-state index contributed by atoms with van der Waals surface area (Å²) >= 11 is 0. The van der Waals surface area contributed by atoms with E-state index in [1.807, 2.05) is 11.8 Å². The molecule has 1 saturated heterocycles. The maximum atomic E-state index is 12.5. The molecule has 1 heterocycles. The van der Waals surface area contributed by atoms with E-state index < -0.39 is 5.97 Å². The minimum absolute atomic E-state index is 0.00586. The monoisotopic (exact) mass is 303 g/mol. The lowest BCUT2D eigenvalue weighted by molar-refractivity contribution is -0.0707. The van der Waals surface area contributed by atoms with Gasteiger partial charge in [-0.1, -0.05) is 0 Å². The van der Waals surface area contributed by atoms with Crippen LogP contribution < -0.4 is 0 Å². The number of carboxylic acids is 1. The summed E-state index contributed by atoms with van der Waals surface area (Å²) < 4.78 is 5.62. The molecule has 2 fully saturated rings. The summed E-state index contributed by atoms with van der Waals surface area (Å²) in [7, 11) is 0. The second-order valence-corrected chi connectivity index (χ2v) is 6.34. The molecule has 1 aromatic rings. The Hall–Kier alpha value is -1.88. The smallest absolute Gasteiger partial charge is 0.335 e. The minimum Gasteiger partial charge on any atom is -0.478 e. The van der Waals surface area contributed by atoms with Crippen molar-refractivity contribution in [3.05, 3.63) is 35.4 Å². The first-order valence-corrected chi connectivity index (χ1v) is 7.77. The largest absolute Gasteiger partial charge is 0.478 e. The zero-order valence-electron chi connectivity index (χ0n) is 12.7. The number of amides is 1. The molecule has 2 aliphatic rings. The van der Waals surface area contributed by atoms with E-state index in [0.29, 0.717) is 11.7 Å². The molecule has 5 nitrogen and oxygen atoms in total. The van der Waals surface area contributed by atoms with Crippen LogP contribution in [0.15, 0.2) is 24.3 Å². The van der Waals surface area contributed by atoms with Crippen LogP contribution in [0.1, 0.15) is 46.9 Å². The molecule has 0 aromatic heterocycles. The number of carbonyl (C=O) groups is 2. The van der Waals surface area contributed by atoms with Crippen molar-refractivity contribution in [3.8, 4) is 0 Å². The van der Waals surface area contributed by atoms with Crippen molar-refractivity contribution >= 4 is 11.9 Å². The summed E-state index contributed by atoms with van der Waals surface area (Å²) in [5.41, 5.74) is 1.01. The van der Waals surface area contributed by atoms with Gasteiger partial charge in [-0.3, -0.25) is 4.79 Å². The second-order valence-electron chi connectivity index (χ2n) is 6.34. The van der Waals surface area contributed by atoms with Gasteiger partial charge in [-0.2, -0.15) is 0 Å². The first-order chi connectivity index (χ1) is 10.5. The molecule has 1 aliphatic heterocycles. The van der Waals surface area contributed by atoms with E-state index in [9.17, 15) is 9.59 Å². The van der Waals surface area contributed by atoms with Crippen LogP contribution in [0, 0.1) is 5.41 Å². The molecule has 1 saturated carbocycles. The van der Waals surface area contributed by atoms with Crippen LogP contribution in [0.4, 0.5) is 0 Å². The van der Waals surface area contributed by atoms with E-state index in [2.05, 4.69) is 0 Å². The Kier molecular flexibility index (Phi) is 3.91. The van der Waals surface area contributed by atoms with E-state index in [0.717, 1.165) is 39.0 Å². The van der Waals surface area contributed by atoms with Crippen molar-refractivity contribution in [1.29, 1.82) is 0 Å². The van der Waals surface area contributed by atoms with E-state index in [-0.39, 0.29) is 16.9 Å². The minimum atomic E-state index is -0.976. The first-order valence-electron chi connectivity index (χ1n) is 7.77. The van der Waals surface area contributed by atoms with Gasteiger partial charge >= 0.3 is 5.97 Å². The second kappa shape index (κ2) is 5.72. The fourth-order valence-corrected chi connectivity index (χ4v) is 3.64. The molecule has 3 rings (SSSR count). The number of hydrogen-bond acceptors (Lipinski definition) is 3. The molecule has 22 heavy (non-hydrogen) atoms. The lowest BCUT2D eigenvalue weighted by Gasteiger charge is -2.44. The first kappa shape index (κ1) is 15.0. The van der Waals surface area contributed by atoms with Crippen LogP contribution in [0.2, 0.25) is 0 Å². The number of nitrogens with zero attached hydrogens (tertiary/aromatic N) is 1. The Labute approximate surface area is 129 Å². The van der Waals surface area contributed by atoms with Crippen molar-refractivity contribution in [1.82, 2.24) is 4.90 Å². The molecule has 1 spiro atoms. The molecule has 5 heteroatoms. The third kappa shape index (κ3) is 2.73. The Balaban J connectivity index is 1.61. The topological polar surface area (TPSA) is 66.8 Å². The molecule has 118 valence electrons. The molecule has 1 N–H and O–H groups in total. The molecular formula is C17H21NO4. The number of benzene rings is 1. The lowest BCUT2D eigenvalue weighted by Crippen LogP contribution is -2.45. The summed E-state index contributed by atoms with van der Waals surface area (Å²) in [4.78, 5) is 25.2. The summed E-state index contributed by atoms with van der Waals surface area (Å²) in [5, 5.41) is 8.90. The molecule has 1 aliphatic carbocycles. The summed E-state index contributed by atoms with van der Waals surface area (Å²) in [6.07, 6.45) is 3.48. The molecule has 1 aromatic carbocycles. The van der Waals surface area contributed by atoms with Gasteiger partial charge in [0.25, 0.3) is 5.91 Å². The molecule has 0 atom stereocenters. The SMILES string of the molecule is CCOC1CC2(CCN(C(=O)c3ccc(C(=O)O)cc3)C2)C1. The predicted molar refractivity (Wildman–Crippen MR) is 81.0 cm³/mol. The number of carboxylic acid groups (broad SMARTS) is 1. The molecule has 1 amide bonds. The summed E-state index contributed by atoms with van der Waals surface area (Å²) in [6, 6.07) is 6.16. The molecule has 0 bridgehead atoms. The highest BCUT2D eigenvalue weighted by Gasteiger charge is 2.49. The van der Waals surface area contributed by atoms with Crippen molar-refractivity contribution in [3.63, 3.8) is 0 Å². The highest BCUT2D eigenvalue weighted by Crippen LogP contribution is 2.49. The van der Waals surface area contributed by atoms with Crippen LogP contribution in [0.5, 0.6) is 0 Å². The molecule has 0 unspecified atom stereocenters. The Morgan fingerprint density at radius 3 is 2.50 bits per heavy atom. The van der Waals surface area contributed by atoms with Gasteiger partial charge in [-0.05, 0) is 55.9 Å². The quantitative estimate of drug-likeness (QED) is 0.927. The Bertz CT molecular complexity index is 575. The average Bonchev–Trinajstić information content (AvgIpc) is 2.92. The van der Waals surface area contributed by atoms with Gasteiger partial charge < -0.3 is 14.7 Å². The summed E-state index contributed by atoms with van der Waals surface area (Å²) in [5.74, 6) is -0.982. The maximum Gasteiger partial charge on any atom is 0.335 e. The Morgan fingerprint density at radius 2 is 1.91 bits per heavy atom. The lowest BCUT2D eigenvalue weighted by atomic mass is 9.66. The predicted octanol–water partition coefficient (Wildman–Crippen LogP) is 2.42. The third-order valence-corrected chi connectivity index (χ3v) is 4.83. The number of carbonyl (C=O) groups excluding carboxylic acids is 1. The van der Waals surface area contributed by atoms with Crippen molar-refractivity contribution in [2.45, 2.75) is 32.3 Å². The van der Waals surface area contributed by atoms with Gasteiger partial charge in [0.05, 0.1) is 11.7 Å². The van der Waals surface area contributed by atoms with Crippen molar-refractivity contribution < 1.29 is 19.4 Å². The van der Waals surface area contributed by atoms with E-state index in [4.69, 9.17) is 9.84 Å². The van der Waals surface area contributed by atoms with Gasteiger partial charge in [0.1, 0.15) is 0 Å². The van der Waals surface area contributed by atoms with Gasteiger partial charge in [-0.25, -0.2) is 4.79 Å². The van der Waals surface area contributed by atoms with Gasteiger partial charge in [0.15, 0.2) is 0 Å². The number of aromatic carboxylic acids is 1.